The zero-order valence-corrected chi connectivity index (χ0v) is 8.53. The third-order valence-electron chi connectivity index (χ3n) is 1.53. The number of rotatable bonds is 5. The summed E-state index contributed by atoms with van der Waals surface area (Å²) in [7, 11) is 0. The van der Waals surface area contributed by atoms with Crippen LogP contribution in [-0.4, -0.2) is 23.1 Å². The highest BCUT2D eigenvalue weighted by atomic mass is 16.5. The Bertz CT molecular complexity index is 299. The summed E-state index contributed by atoms with van der Waals surface area (Å²) >= 11 is 0. The minimum Gasteiger partial charge on any atom is -0.472 e. The monoisotopic (exact) mass is 193 g/mol. The van der Waals surface area contributed by atoms with E-state index in [1.165, 1.54) is 0 Å². The van der Waals surface area contributed by atoms with Gasteiger partial charge in [0, 0.05) is 6.54 Å². The number of ether oxygens (including phenoxy) is 1. The van der Waals surface area contributed by atoms with Gasteiger partial charge in [0.05, 0.1) is 12.4 Å². The SMILES string of the molecule is C/C=C/COc1cncc(NCC)n1. The maximum atomic E-state index is 5.33. The Hall–Kier alpha value is -1.58. The fourth-order valence-corrected chi connectivity index (χ4v) is 0.914. The molecule has 0 aliphatic rings. The summed E-state index contributed by atoms with van der Waals surface area (Å²) in [6, 6.07) is 0. The first-order valence-electron chi connectivity index (χ1n) is 4.66. The van der Waals surface area contributed by atoms with Crippen molar-refractivity contribution in [2.75, 3.05) is 18.5 Å². The van der Waals surface area contributed by atoms with Crippen LogP contribution in [0, 0.1) is 0 Å². The van der Waals surface area contributed by atoms with Gasteiger partial charge in [0.2, 0.25) is 5.88 Å². The van der Waals surface area contributed by atoms with Gasteiger partial charge < -0.3 is 10.1 Å². The third kappa shape index (κ3) is 3.43. The molecule has 0 aromatic carbocycles. The summed E-state index contributed by atoms with van der Waals surface area (Å²) in [4.78, 5) is 8.21. The van der Waals surface area contributed by atoms with Crippen LogP contribution >= 0.6 is 0 Å². The van der Waals surface area contributed by atoms with Crippen LogP contribution in [0.4, 0.5) is 5.82 Å². The van der Waals surface area contributed by atoms with Gasteiger partial charge >= 0.3 is 0 Å². The Morgan fingerprint density at radius 1 is 1.50 bits per heavy atom. The van der Waals surface area contributed by atoms with Crippen LogP contribution < -0.4 is 10.1 Å². The average molecular weight is 193 g/mol. The Morgan fingerprint density at radius 2 is 2.36 bits per heavy atom. The lowest BCUT2D eigenvalue weighted by Crippen LogP contribution is -2.02. The molecule has 0 fully saturated rings. The van der Waals surface area contributed by atoms with E-state index < -0.39 is 0 Å². The molecular weight excluding hydrogens is 178 g/mol. The Balaban J connectivity index is 2.54. The number of hydrogen-bond donors (Lipinski definition) is 1. The molecule has 0 amide bonds. The molecule has 1 N–H and O–H groups in total. The molecule has 0 aliphatic carbocycles. The van der Waals surface area contributed by atoms with Crippen LogP contribution in [0.5, 0.6) is 5.88 Å². The second kappa shape index (κ2) is 5.96. The lowest BCUT2D eigenvalue weighted by atomic mass is 10.5. The van der Waals surface area contributed by atoms with E-state index in [2.05, 4.69) is 15.3 Å². The van der Waals surface area contributed by atoms with Crippen LogP contribution in [0.2, 0.25) is 0 Å². The van der Waals surface area contributed by atoms with Gasteiger partial charge in [-0.05, 0) is 13.8 Å². The summed E-state index contributed by atoms with van der Waals surface area (Å²) in [5.74, 6) is 1.28. The van der Waals surface area contributed by atoms with Crippen molar-refractivity contribution in [2.24, 2.45) is 0 Å². The molecule has 4 nitrogen and oxygen atoms in total. The van der Waals surface area contributed by atoms with Crippen molar-refractivity contribution in [1.82, 2.24) is 9.97 Å². The molecule has 0 aliphatic heterocycles. The van der Waals surface area contributed by atoms with E-state index >= 15 is 0 Å². The predicted octanol–water partition coefficient (Wildman–Crippen LogP) is 1.86. The highest BCUT2D eigenvalue weighted by Crippen LogP contribution is 2.08. The molecule has 1 aromatic rings. The van der Waals surface area contributed by atoms with E-state index in [0.29, 0.717) is 12.5 Å². The fourth-order valence-electron chi connectivity index (χ4n) is 0.914. The van der Waals surface area contributed by atoms with Crippen molar-refractivity contribution >= 4 is 5.82 Å². The summed E-state index contributed by atoms with van der Waals surface area (Å²) < 4.78 is 5.33. The average Bonchev–Trinajstić information content (AvgIpc) is 2.19. The van der Waals surface area contributed by atoms with Crippen LogP contribution in [-0.2, 0) is 0 Å². The molecule has 1 heterocycles. The van der Waals surface area contributed by atoms with Crippen LogP contribution in [0.25, 0.3) is 0 Å². The summed E-state index contributed by atoms with van der Waals surface area (Å²) in [5, 5.41) is 3.07. The molecule has 1 aromatic heterocycles. The Labute approximate surface area is 84.0 Å². The lowest BCUT2D eigenvalue weighted by Gasteiger charge is -2.04. The summed E-state index contributed by atoms with van der Waals surface area (Å²) in [6.07, 6.45) is 7.12. The highest BCUT2D eigenvalue weighted by Gasteiger charge is 1.96. The normalized spacial score (nSPS) is 10.4. The number of nitrogens with one attached hydrogen (secondary N) is 1. The van der Waals surface area contributed by atoms with Crippen LogP contribution in [0.1, 0.15) is 13.8 Å². The molecule has 0 saturated carbocycles. The van der Waals surface area contributed by atoms with E-state index in [1.54, 1.807) is 12.4 Å². The fraction of sp³-hybridized carbons (Fsp3) is 0.400. The van der Waals surface area contributed by atoms with Gasteiger partial charge in [-0.25, -0.2) is 0 Å². The molecule has 0 spiro atoms. The molecule has 0 bridgehead atoms. The van der Waals surface area contributed by atoms with Crippen molar-refractivity contribution in [1.29, 1.82) is 0 Å². The lowest BCUT2D eigenvalue weighted by molar-refractivity contribution is 0.347. The van der Waals surface area contributed by atoms with Gasteiger partial charge in [0.1, 0.15) is 12.4 Å². The second-order valence-corrected chi connectivity index (χ2v) is 2.65. The number of allylic oxidation sites excluding steroid dienone is 1. The number of anilines is 1. The molecule has 0 saturated heterocycles. The maximum Gasteiger partial charge on any atom is 0.234 e. The van der Waals surface area contributed by atoms with E-state index in [0.717, 1.165) is 12.4 Å². The van der Waals surface area contributed by atoms with Gasteiger partial charge in [-0.15, -0.1) is 0 Å². The molecule has 0 unspecified atom stereocenters. The smallest absolute Gasteiger partial charge is 0.234 e. The van der Waals surface area contributed by atoms with Gasteiger partial charge in [-0.1, -0.05) is 12.2 Å². The first-order valence-corrected chi connectivity index (χ1v) is 4.66. The van der Waals surface area contributed by atoms with Crippen molar-refractivity contribution in [3.05, 3.63) is 24.5 Å². The number of nitrogens with zero attached hydrogens (tertiary/aromatic N) is 2. The standard InChI is InChI=1S/C10H15N3O/c1-3-5-6-14-10-8-11-7-9(13-10)12-4-2/h3,5,7-8H,4,6H2,1-2H3,(H,12,13)/b5-3+. The molecule has 4 heteroatoms. The Kier molecular flexibility index (Phi) is 4.47. The van der Waals surface area contributed by atoms with Crippen molar-refractivity contribution < 1.29 is 4.74 Å². The summed E-state index contributed by atoms with van der Waals surface area (Å²) in [5.41, 5.74) is 0. The highest BCUT2D eigenvalue weighted by molar-refractivity contribution is 5.32. The van der Waals surface area contributed by atoms with E-state index in [1.807, 2.05) is 26.0 Å². The first kappa shape index (κ1) is 10.5. The van der Waals surface area contributed by atoms with Crippen LogP contribution in [0.3, 0.4) is 0 Å². The molecule has 0 radical (unpaired) electrons. The molecule has 1 rings (SSSR count). The van der Waals surface area contributed by atoms with Gasteiger partial charge in [0.25, 0.3) is 0 Å². The quantitative estimate of drug-likeness (QED) is 0.725. The second-order valence-electron chi connectivity index (χ2n) is 2.65. The first-order chi connectivity index (χ1) is 6.86. The number of hydrogen-bond acceptors (Lipinski definition) is 4. The molecule has 14 heavy (non-hydrogen) atoms. The minimum atomic E-state index is 0.529. The van der Waals surface area contributed by atoms with Crippen LogP contribution in [0.15, 0.2) is 24.5 Å². The molecule has 0 atom stereocenters. The van der Waals surface area contributed by atoms with Gasteiger partial charge in [-0.2, -0.15) is 4.98 Å². The molecule has 76 valence electrons. The zero-order chi connectivity index (χ0) is 10.2. The third-order valence-corrected chi connectivity index (χ3v) is 1.53. The topological polar surface area (TPSA) is 47.0 Å². The van der Waals surface area contributed by atoms with Crippen molar-refractivity contribution in [3.63, 3.8) is 0 Å². The summed E-state index contributed by atoms with van der Waals surface area (Å²) in [6.45, 7) is 5.31. The molecular formula is C10H15N3O. The van der Waals surface area contributed by atoms with E-state index in [9.17, 15) is 0 Å². The van der Waals surface area contributed by atoms with Crippen molar-refractivity contribution in [3.8, 4) is 5.88 Å². The Morgan fingerprint density at radius 3 is 3.07 bits per heavy atom. The van der Waals surface area contributed by atoms with Gasteiger partial charge in [-0.3, -0.25) is 4.98 Å². The largest absolute Gasteiger partial charge is 0.472 e. The van der Waals surface area contributed by atoms with E-state index in [-0.39, 0.29) is 0 Å². The van der Waals surface area contributed by atoms with Gasteiger partial charge in [0.15, 0.2) is 0 Å². The predicted molar refractivity (Wildman–Crippen MR) is 56.5 cm³/mol. The van der Waals surface area contributed by atoms with Crippen molar-refractivity contribution in [2.45, 2.75) is 13.8 Å². The maximum absolute atomic E-state index is 5.33. The minimum absolute atomic E-state index is 0.529. The van der Waals surface area contributed by atoms with E-state index in [4.69, 9.17) is 4.74 Å². The number of aromatic nitrogens is 2. The zero-order valence-electron chi connectivity index (χ0n) is 8.53.